The SMILES string of the molecule is CNC1CC2(C)CCCC(C)(C1)N2Cc1ccc(OC)cc1. The highest BCUT2D eigenvalue weighted by atomic mass is 16.5. The zero-order chi connectivity index (χ0) is 15.8. The monoisotopic (exact) mass is 302 g/mol. The van der Waals surface area contributed by atoms with Crippen molar-refractivity contribution < 1.29 is 4.74 Å². The van der Waals surface area contributed by atoms with Crippen LogP contribution in [-0.4, -0.2) is 36.2 Å². The molecular formula is C19H30N2O. The van der Waals surface area contributed by atoms with Gasteiger partial charge in [-0.25, -0.2) is 0 Å². The molecule has 0 amide bonds. The van der Waals surface area contributed by atoms with Crippen molar-refractivity contribution in [3.05, 3.63) is 29.8 Å². The summed E-state index contributed by atoms with van der Waals surface area (Å²) >= 11 is 0. The zero-order valence-electron chi connectivity index (χ0n) is 14.5. The summed E-state index contributed by atoms with van der Waals surface area (Å²) in [6.07, 6.45) is 6.51. The second-order valence-electron chi connectivity index (χ2n) is 7.68. The standard InChI is InChI=1S/C19H30N2O/c1-18-10-5-11-19(2,13-16(12-18)20-3)21(18)14-15-6-8-17(22-4)9-7-15/h6-9,16,20H,5,10-14H2,1-4H3. The van der Waals surface area contributed by atoms with Gasteiger partial charge >= 0.3 is 0 Å². The molecule has 2 bridgehead atoms. The molecule has 0 saturated carbocycles. The summed E-state index contributed by atoms with van der Waals surface area (Å²) in [6, 6.07) is 9.24. The number of piperidine rings is 2. The Balaban J connectivity index is 1.84. The van der Waals surface area contributed by atoms with Crippen LogP contribution in [0.25, 0.3) is 0 Å². The average Bonchev–Trinajstić information content (AvgIpc) is 2.50. The molecule has 2 atom stereocenters. The number of fused-ring (bicyclic) bond motifs is 2. The third-order valence-electron chi connectivity index (χ3n) is 6.01. The van der Waals surface area contributed by atoms with E-state index in [4.69, 9.17) is 4.74 Å². The summed E-state index contributed by atoms with van der Waals surface area (Å²) in [7, 11) is 3.84. The first-order valence-corrected chi connectivity index (χ1v) is 8.57. The van der Waals surface area contributed by atoms with E-state index in [1.165, 1.54) is 37.7 Å². The van der Waals surface area contributed by atoms with E-state index in [9.17, 15) is 0 Å². The van der Waals surface area contributed by atoms with Crippen molar-refractivity contribution in [1.29, 1.82) is 0 Å². The molecule has 3 nitrogen and oxygen atoms in total. The van der Waals surface area contributed by atoms with Crippen molar-refractivity contribution in [2.75, 3.05) is 14.2 Å². The highest BCUT2D eigenvalue weighted by Crippen LogP contribution is 2.48. The van der Waals surface area contributed by atoms with Gasteiger partial charge in [0.15, 0.2) is 0 Å². The molecule has 1 N–H and O–H groups in total. The summed E-state index contributed by atoms with van der Waals surface area (Å²) < 4.78 is 5.28. The molecule has 0 radical (unpaired) electrons. The van der Waals surface area contributed by atoms with Crippen LogP contribution >= 0.6 is 0 Å². The summed E-state index contributed by atoms with van der Waals surface area (Å²) in [5, 5.41) is 3.54. The molecule has 2 aliphatic rings. The van der Waals surface area contributed by atoms with Gasteiger partial charge in [-0.1, -0.05) is 12.1 Å². The Kier molecular flexibility index (Phi) is 4.21. The predicted octanol–water partition coefficient (Wildman–Crippen LogP) is 3.58. The quantitative estimate of drug-likeness (QED) is 0.920. The minimum Gasteiger partial charge on any atom is -0.497 e. The first-order valence-electron chi connectivity index (χ1n) is 8.57. The minimum atomic E-state index is 0.318. The number of nitrogens with one attached hydrogen (secondary N) is 1. The maximum Gasteiger partial charge on any atom is 0.118 e. The van der Waals surface area contributed by atoms with Crippen molar-refractivity contribution in [2.24, 2.45) is 0 Å². The highest BCUT2D eigenvalue weighted by Gasteiger charge is 2.51. The second-order valence-corrected chi connectivity index (χ2v) is 7.68. The molecule has 2 saturated heterocycles. The molecule has 3 rings (SSSR count). The molecule has 0 aromatic heterocycles. The number of benzene rings is 1. The number of rotatable bonds is 4. The number of nitrogens with zero attached hydrogens (tertiary/aromatic N) is 1. The van der Waals surface area contributed by atoms with E-state index in [2.05, 4.69) is 55.4 Å². The second kappa shape index (κ2) is 5.86. The highest BCUT2D eigenvalue weighted by molar-refractivity contribution is 5.27. The maximum absolute atomic E-state index is 5.28. The van der Waals surface area contributed by atoms with Crippen molar-refractivity contribution in [2.45, 2.75) is 69.6 Å². The topological polar surface area (TPSA) is 24.5 Å². The molecule has 2 aliphatic heterocycles. The molecule has 2 fully saturated rings. The van der Waals surface area contributed by atoms with Gasteiger partial charge in [0.2, 0.25) is 0 Å². The van der Waals surface area contributed by atoms with Crippen LogP contribution in [0.4, 0.5) is 0 Å². The van der Waals surface area contributed by atoms with Gasteiger partial charge in [0.25, 0.3) is 0 Å². The Hall–Kier alpha value is -1.06. The first kappa shape index (κ1) is 15.8. The van der Waals surface area contributed by atoms with Crippen LogP contribution in [0.1, 0.15) is 51.5 Å². The summed E-state index contributed by atoms with van der Waals surface area (Å²) in [4.78, 5) is 2.79. The van der Waals surface area contributed by atoms with Crippen LogP contribution in [0, 0.1) is 0 Å². The van der Waals surface area contributed by atoms with E-state index in [-0.39, 0.29) is 0 Å². The Morgan fingerprint density at radius 2 is 1.73 bits per heavy atom. The molecule has 122 valence electrons. The van der Waals surface area contributed by atoms with Gasteiger partial charge in [0.05, 0.1) is 7.11 Å². The number of ether oxygens (including phenoxy) is 1. The fraction of sp³-hybridized carbons (Fsp3) is 0.684. The lowest BCUT2D eigenvalue weighted by Crippen LogP contribution is -2.67. The van der Waals surface area contributed by atoms with Crippen molar-refractivity contribution in [3.63, 3.8) is 0 Å². The Bertz CT molecular complexity index is 495. The zero-order valence-corrected chi connectivity index (χ0v) is 14.5. The van der Waals surface area contributed by atoms with Gasteiger partial charge in [-0.3, -0.25) is 4.90 Å². The fourth-order valence-electron chi connectivity index (χ4n) is 4.83. The van der Waals surface area contributed by atoms with Gasteiger partial charge in [-0.05, 0) is 70.7 Å². The lowest BCUT2D eigenvalue weighted by molar-refractivity contribution is -0.101. The first-order chi connectivity index (χ1) is 10.5. The molecule has 22 heavy (non-hydrogen) atoms. The molecule has 2 unspecified atom stereocenters. The largest absolute Gasteiger partial charge is 0.497 e. The Labute approximate surface area is 135 Å². The van der Waals surface area contributed by atoms with E-state index in [1.807, 2.05) is 0 Å². The lowest BCUT2D eigenvalue weighted by Gasteiger charge is -2.61. The molecular weight excluding hydrogens is 272 g/mol. The Morgan fingerprint density at radius 1 is 1.14 bits per heavy atom. The summed E-state index contributed by atoms with van der Waals surface area (Å²) in [6.45, 7) is 5.99. The predicted molar refractivity (Wildman–Crippen MR) is 91.3 cm³/mol. The van der Waals surface area contributed by atoms with Gasteiger partial charge in [0.1, 0.15) is 5.75 Å². The van der Waals surface area contributed by atoms with E-state index < -0.39 is 0 Å². The lowest BCUT2D eigenvalue weighted by atomic mass is 9.67. The van der Waals surface area contributed by atoms with Crippen LogP contribution in [0.2, 0.25) is 0 Å². The molecule has 2 heterocycles. The van der Waals surface area contributed by atoms with Gasteiger partial charge in [0, 0.05) is 23.7 Å². The molecule has 0 aliphatic carbocycles. The van der Waals surface area contributed by atoms with Crippen molar-refractivity contribution in [1.82, 2.24) is 10.2 Å². The van der Waals surface area contributed by atoms with Crippen molar-refractivity contribution in [3.8, 4) is 5.75 Å². The minimum absolute atomic E-state index is 0.318. The van der Waals surface area contributed by atoms with E-state index >= 15 is 0 Å². The smallest absolute Gasteiger partial charge is 0.118 e. The Morgan fingerprint density at radius 3 is 2.23 bits per heavy atom. The third-order valence-corrected chi connectivity index (χ3v) is 6.01. The van der Waals surface area contributed by atoms with Crippen LogP contribution in [0.15, 0.2) is 24.3 Å². The molecule has 0 spiro atoms. The van der Waals surface area contributed by atoms with Crippen LogP contribution in [0.3, 0.4) is 0 Å². The number of hydrogen-bond acceptors (Lipinski definition) is 3. The van der Waals surface area contributed by atoms with Crippen LogP contribution in [-0.2, 0) is 6.54 Å². The molecule has 1 aromatic carbocycles. The molecule has 3 heteroatoms. The number of methoxy groups -OCH3 is 1. The normalized spacial score (nSPS) is 35.4. The van der Waals surface area contributed by atoms with Gasteiger partial charge < -0.3 is 10.1 Å². The van der Waals surface area contributed by atoms with E-state index in [0.717, 1.165) is 12.3 Å². The average molecular weight is 302 g/mol. The van der Waals surface area contributed by atoms with Gasteiger partial charge in [-0.2, -0.15) is 0 Å². The molecule has 1 aromatic rings. The van der Waals surface area contributed by atoms with Crippen LogP contribution in [0.5, 0.6) is 5.75 Å². The van der Waals surface area contributed by atoms with Gasteiger partial charge in [-0.15, -0.1) is 0 Å². The van der Waals surface area contributed by atoms with E-state index in [1.54, 1.807) is 7.11 Å². The summed E-state index contributed by atoms with van der Waals surface area (Å²) in [5.74, 6) is 0.940. The fourth-order valence-corrected chi connectivity index (χ4v) is 4.83. The van der Waals surface area contributed by atoms with E-state index in [0.29, 0.717) is 17.1 Å². The maximum atomic E-state index is 5.28. The summed E-state index contributed by atoms with van der Waals surface area (Å²) in [5.41, 5.74) is 2.03. The van der Waals surface area contributed by atoms with Crippen LogP contribution < -0.4 is 10.1 Å². The third kappa shape index (κ3) is 2.77. The van der Waals surface area contributed by atoms with Crippen molar-refractivity contribution >= 4 is 0 Å². The number of hydrogen-bond donors (Lipinski definition) is 1.